The summed E-state index contributed by atoms with van der Waals surface area (Å²) in [6.45, 7) is 1.96. The Morgan fingerprint density at radius 2 is 2.35 bits per heavy atom. The molecule has 0 bridgehead atoms. The van der Waals surface area contributed by atoms with Crippen LogP contribution in [0, 0.1) is 0 Å². The monoisotopic (exact) mass is 253 g/mol. The van der Waals surface area contributed by atoms with Gasteiger partial charge in [0.25, 0.3) is 5.91 Å². The first-order chi connectivity index (χ1) is 8.17. The number of methoxy groups -OCH3 is 1. The Kier molecular flexibility index (Phi) is 5.42. The Bertz CT molecular complexity index is 418. The average Bonchev–Trinajstić information content (AvgIpc) is 2.35. The van der Waals surface area contributed by atoms with E-state index in [0.717, 1.165) is 11.3 Å². The van der Waals surface area contributed by atoms with E-state index >= 15 is 0 Å². The van der Waals surface area contributed by atoms with Gasteiger partial charge in [0.2, 0.25) is 0 Å². The number of phenols is 1. The summed E-state index contributed by atoms with van der Waals surface area (Å²) in [6.07, 6.45) is 3.10. The molecular weight excluding hydrogens is 238 g/mol. The smallest absolute Gasteiger partial charge is 0.253 e. The maximum Gasteiger partial charge on any atom is 0.253 e. The second-order valence-corrected chi connectivity index (χ2v) is 4.23. The van der Waals surface area contributed by atoms with Gasteiger partial charge in [-0.2, -0.15) is 0 Å². The summed E-state index contributed by atoms with van der Waals surface area (Å²) in [5.41, 5.74) is 0.788. The van der Waals surface area contributed by atoms with Crippen LogP contribution in [-0.2, 0) is 4.79 Å². The molecule has 17 heavy (non-hydrogen) atoms. The molecule has 0 saturated heterocycles. The zero-order chi connectivity index (χ0) is 12.7. The molecule has 0 spiro atoms. The van der Waals surface area contributed by atoms with Crippen LogP contribution in [0.25, 0.3) is 6.08 Å². The summed E-state index contributed by atoms with van der Waals surface area (Å²) in [7, 11) is 1.48. The fourth-order valence-corrected chi connectivity index (χ4v) is 1.50. The Morgan fingerprint density at radius 3 is 3.00 bits per heavy atom. The third kappa shape index (κ3) is 4.40. The van der Waals surface area contributed by atoms with Crippen LogP contribution in [-0.4, -0.2) is 23.9 Å². The Labute approximate surface area is 105 Å². The van der Waals surface area contributed by atoms with Crippen LogP contribution in [0.3, 0.4) is 0 Å². The van der Waals surface area contributed by atoms with Gasteiger partial charge in [0, 0.05) is 11.8 Å². The summed E-state index contributed by atoms with van der Waals surface area (Å²) in [6, 6.07) is 4.89. The number of rotatable bonds is 5. The van der Waals surface area contributed by atoms with Gasteiger partial charge in [-0.05, 0) is 23.8 Å². The first-order valence-corrected chi connectivity index (χ1v) is 6.12. The zero-order valence-electron chi connectivity index (χ0n) is 9.77. The molecule has 0 aromatic heterocycles. The Morgan fingerprint density at radius 1 is 1.59 bits per heavy atom. The van der Waals surface area contributed by atoms with Gasteiger partial charge >= 0.3 is 0 Å². The highest BCUT2D eigenvalue weighted by Gasteiger charge is 2.01. The van der Waals surface area contributed by atoms with Crippen LogP contribution in [0.1, 0.15) is 12.5 Å². The molecule has 0 aliphatic rings. The molecule has 0 atom stereocenters. The van der Waals surface area contributed by atoms with Crippen molar-refractivity contribution < 1.29 is 14.6 Å². The minimum absolute atomic E-state index is 0.0793. The van der Waals surface area contributed by atoms with Crippen molar-refractivity contribution in [2.24, 2.45) is 0 Å². The lowest BCUT2D eigenvalue weighted by Crippen LogP contribution is -2.12. The summed E-state index contributed by atoms with van der Waals surface area (Å²) < 4.78 is 7.62. The molecule has 1 amide bonds. The van der Waals surface area contributed by atoms with Gasteiger partial charge in [0.05, 0.1) is 7.11 Å². The van der Waals surface area contributed by atoms with Gasteiger partial charge < -0.3 is 9.84 Å². The predicted octanol–water partition coefficient (Wildman–Crippen LogP) is 2.20. The van der Waals surface area contributed by atoms with E-state index in [9.17, 15) is 9.90 Å². The van der Waals surface area contributed by atoms with Gasteiger partial charge in [-0.25, -0.2) is 0 Å². The van der Waals surface area contributed by atoms with Gasteiger partial charge in [-0.3, -0.25) is 9.52 Å². The summed E-state index contributed by atoms with van der Waals surface area (Å²) in [5.74, 6) is 1.13. The van der Waals surface area contributed by atoms with Crippen molar-refractivity contribution in [3.05, 3.63) is 29.8 Å². The van der Waals surface area contributed by atoms with Crippen molar-refractivity contribution in [1.82, 2.24) is 4.72 Å². The van der Waals surface area contributed by atoms with E-state index in [0.29, 0.717) is 5.75 Å². The van der Waals surface area contributed by atoms with E-state index in [1.165, 1.54) is 31.2 Å². The molecule has 0 aliphatic carbocycles. The van der Waals surface area contributed by atoms with Crippen molar-refractivity contribution in [2.45, 2.75) is 6.92 Å². The molecule has 5 heteroatoms. The molecule has 0 unspecified atom stereocenters. The third-order valence-corrected chi connectivity index (χ3v) is 2.58. The molecule has 1 aromatic rings. The highest BCUT2D eigenvalue weighted by atomic mass is 32.2. The standard InChI is InChI=1S/C12H15NO3S/c1-3-17-13-12(15)7-5-9-4-6-10(14)11(8-9)16-2/h4-8,14H,3H2,1-2H3,(H,13,15)/b7-5+. The minimum Gasteiger partial charge on any atom is -0.504 e. The minimum atomic E-state index is -0.163. The summed E-state index contributed by atoms with van der Waals surface area (Å²) in [4.78, 5) is 11.3. The second kappa shape index (κ2) is 6.85. The first-order valence-electron chi connectivity index (χ1n) is 5.14. The number of amides is 1. The van der Waals surface area contributed by atoms with Crippen LogP contribution in [0.2, 0.25) is 0 Å². The molecule has 1 aromatic carbocycles. The van der Waals surface area contributed by atoms with Crippen LogP contribution < -0.4 is 9.46 Å². The molecule has 0 heterocycles. The SMILES string of the molecule is CCSNC(=O)/C=C/c1ccc(O)c(OC)c1. The lowest BCUT2D eigenvalue weighted by Gasteiger charge is -2.03. The molecule has 1 rings (SSSR count). The summed E-state index contributed by atoms with van der Waals surface area (Å²) >= 11 is 1.35. The van der Waals surface area contributed by atoms with E-state index in [-0.39, 0.29) is 11.7 Å². The van der Waals surface area contributed by atoms with E-state index in [1.807, 2.05) is 6.92 Å². The normalized spacial score (nSPS) is 10.5. The maximum atomic E-state index is 11.3. The Balaban J connectivity index is 2.68. The zero-order valence-corrected chi connectivity index (χ0v) is 10.6. The van der Waals surface area contributed by atoms with Crippen molar-refractivity contribution in [3.8, 4) is 11.5 Å². The fourth-order valence-electron chi connectivity index (χ4n) is 1.15. The number of aromatic hydroxyl groups is 1. The van der Waals surface area contributed by atoms with E-state index < -0.39 is 0 Å². The van der Waals surface area contributed by atoms with Gasteiger partial charge in [0.15, 0.2) is 11.5 Å². The number of phenolic OH excluding ortho intramolecular Hbond substituents is 1. The topological polar surface area (TPSA) is 58.6 Å². The second-order valence-electron chi connectivity index (χ2n) is 3.16. The van der Waals surface area contributed by atoms with E-state index in [2.05, 4.69) is 4.72 Å². The highest BCUT2D eigenvalue weighted by molar-refractivity contribution is 7.97. The maximum absolute atomic E-state index is 11.3. The number of benzene rings is 1. The van der Waals surface area contributed by atoms with Gasteiger partial charge in [-0.15, -0.1) is 0 Å². The van der Waals surface area contributed by atoms with Crippen LogP contribution >= 0.6 is 11.9 Å². The lowest BCUT2D eigenvalue weighted by atomic mass is 10.2. The average molecular weight is 253 g/mol. The molecule has 92 valence electrons. The van der Waals surface area contributed by atoms with Gasteiger partial charge in [-0.1, -0.05) is 24.9 Å². The third-order valence-electron chi connectivity index (χ3n) is 1.95. The molecule has 4 nitrogen and oxygen atoms in total. The number of hydrogen-bond donors (Lipinski definition) is 2. The predicted molar refractivity (Wildman–Crippen MR) is 70.0 cm³/mol. The Hall–Kier alpha value is -1.62. The number of nitrogens with one attached hydrogen (secondary N) is 1. The van der Waals surface area contributed by atoms with Crippen LogP contribution in [0.15, 0.2) is 24.3 Å². The molecular formula is C12H15NO3S. The molecule has 0 fully saturated rings. The van der Waals surface area contributed by atoms with Crippen LogP contribution in [0.4, 0.5) is 0 Å². The molecule has 0 saturated carbocycles. The molecule has 0 radical (unpaired) electrons. The largest absolute Gasteiger partial charge is 0.504 e. The quantitative estimate of drug-likeness (QED) is 0.624. The fraction of sp³-hybridized carbons (Fsp3) is 0.250. The number of hydrogen-bond acceptors (Lipinski definition) is 4. The lowest BCUT2D eigenvalue weighted by molar-refractivity contribution is -0.114. The van der Waals surface area contributed by atoms with Gasteiger partial charge in [0.1, 0.15) is 0 Å². The molecule has 2 N–H and O–H groups in total. The first kappa shape index (κ1) is 13.4. The van der Waals surface area contributed by atoms with E-state index in [4.69, 9.17) is 4.74 Å². The number of carbonyl (C=O) groups excluding carboxylic acids is 1. The van der Waals surface area contributed by atoms with Crippen molar-refractivity contribution in [1.29, 1.82) is 0 Å². The molecule has 0 aliphatic heterocycles. The number of ether oxygens (including phenoxy) is 1. The highest BCUT2D eigenvalue weighted by Crippen LogP contribution is 2.26. The van der Waals surface area contributed by atoms with Crippen molar-refractivity contribution >= 4 is 23.9 Å². The van der Waals surface area contributed by atoms with Crippen molar-refractivity contribution in [2.75, 3.05) is 12.9 Å². The van der Waals surface area contributed by atoms with E-state index in [1.54, 1.807) is 18.2 Å². The summed E-state index contributed by atoms with van der Waals surface area (Å²) in [5, 5.41) is 9.40. The number of carbonyl (C=O) groups is 1. The van der Waals surface area contributed by atoms with Crippen LogP contribution in [0.5, 0.6) is 11.5 Å². The van der Waals surface area contributed by atoms with Crippen molar-refractivity contribution in [3.63, 3.8) is 0 Å².